The lowest BCUT2D eigenvalue weighted by atomic mass is 10.2. The zero-order valence-electron chi connectivity index (χ0n) is 14.1. The number of hydrogen-bond donors (Lipinski definition) is 2. The van der Waals surface area contributed by atoms with Gasteiger partial charge in [0, 0.05) is 5.56 Å². The van der Waals surface area contributed by atoms with Gasteiger partial charge in [0.15, 0.2) is 0 Å². The molecule has 0 bridgehead atoms. The zero-order chi connectivity index (χ0) is 21.9. The van der Waals surface area contributed by atoms with Gasteiger partial charge in [-0.2, -0.15) is 26.3 Å². The highest BCUT2D eigenvalue weighted by molar-refractivity contribution is 7.18. The van der Waals surface area contributed by atoms with Crippen LogP contribution in [0.1, 0.15) is 6.92 Å². The molecule has 7 nitrogen and oxygen atoms in total. The van der Waals surface area contributed by atoms with E-state index in [0.29, 0.717) is 10.9 Å². The number of carbonyl (C=O) groups excluding carboxylic acids is 1. The van der Waals surface area contributed by atoms with Crippen LogP contribution in [-0.4, -0.2) is 39.5 Å². The van der Waals surface area contributed by atoms with Crippen molar-refractivity contribution in [2.75, 3.05) is 5.32 Å². The minimum Gasteiger partial charge on any atom is -0.346 e. The van der Waals surface area contributed by atoms with Crippen LogP contribution in [0.2, 0.25) is 0 Å². The molecule has 2 N–H and O–H groups in total. The summed E-state index contributed by atoms with van der Waals surface area (Å²) in [6.07, 6.45) is -12.3. The lowest BCUT2D eigenvalue weighted by Crippen LogP contribution is -2.69. The van der Waals surface area contributed by atoms with Crippen molar-refractivity contribution in [3.05, 3.63) is 30.3 Å². The molecule has 0 saturated heterocycles. The van der Waals surface area contributed by atoms with E-state index in [-0.39, 0.29) is 10.1 Å². The standard InChI is InChI=1S/C14H10ClF6N5O2S/c1-7(15)26-28-12(13(16,17)18,14(19,20)21)23-10(27)22-11-25-24-9(29-11)8-5-3-2-4-6-8/h2-6H,1H3,(H2,22,23,25,27)/b26-7-. The van der Waals surface area contributed by atoms with Gasteiger partial charge in [0.2, 0.25) is 5.13 Å². The van der Waals surface area contributed by atoms with E-state index in [9.17, 15) is 31.1 Å². The molecule has 0 aliphatic heterocycles. The summed E-state index contributed by atoms with van der Waals surface area (Å²) >= 11 is 5.88. The molecule has 158 valence electrons. The Hall–Kier alpha value is -2.61. The van der Waals surface area contributed by atoms with E-state index in [4.69, 9.17) is 11.6 Å². The van der Waals surface area contributed by atoms with Crippen molar-refractivity contribution in [2.24, 2.45) is 5.16 Å². The van der Waals surface area contributed by atoms with Gasteiger partial charge in [-0.3, -0.25) is 10.6 Å². The zero-order valence-corrected chi connectivity index (χ0v) is 15.7. The fourth-order valence-corrected chi connectivity index (χ4v) is 2.60. The third-order valence-electron chi connectivity index (χ3n) is 3.06. The highest BCUT2D eigenvalue weighted by atomic mass is 35.5. The van der Waals surface area contributed by atoms with Crippen LogP contribution in [0.3, 0.4) is 0 Å². The van der Waals surface area contributed by atoms with Crippen LogP contribution in [0.4, 0.5) is 36.3 Å². The first kappa shape index (κ1) is 22.7. The largest absolute Gasteiger partial charge is 0.461 e. The van der Waals surface area contributed by atoms with E-state index in [0.717, 1.165) is 18.3 Å². The molecule has 1 aromatic carbocycles. The van der Waals surface area contributed by atoms with Gasteiger partial charge in [0.05, 0.1) is 0 Å². The monoisotopic (exact) mass is 461 g/mol. The number of alkyl halides is 6. The van der Waals surface area contributed by atoms with Crippen molar-refractivity contribution in [2.45, 2.75) is 25.0 Å². The number of halogens is 7. The molecule has 15 heteroatoms. The summed E-state index contributed by atoms with van der Waals surface area (Å²) in [5.41, 5.74) is -4.57. The number of nitrogens with zero attached hydrogens (tertiary/aromatic N) is 3. The molecule has 0 spiro atoms. The normalized spacial score (nSPS) is 13.2. The number of carbonyl (C=O) groups is 1. The van der Waals surface area contributed by atoms with Crippen molar-refractivity contribution in [3.63, 3.8) is 0 Å². The number of anilines is 1. The number of nitrogens with one attached hydrogen (secondary N) is 2. The summed E-state index contributed by atoms with van der Waals surface area (Å²) < 4.78 is 79.3. The fraction of sp³-hybridized carbons (Fsp3) is 0.286. The number of rotatable bonds is 5. The van der Waals surface area contributed by atoms with Crippen LogP contribution < -0.4 is 10.6 Å². The van der Waals surface area contributed by atoms with Crippen LogP contribution >= 0.6 is 22.9 Å². The Kier molecular flexibility index (Phi) is 6.57. The first-order chi connectivity index (χ1) is 13.4. The number of benzene rings is 1. The molecule has 0 aliphatic rings. The van der Waals surface area contributed by atoms with Crippen LogP contribution in [0, 0.1) is 0 Å². The Balaban J connectivity index is 2.26. The highest BCUT2D eigenvalue weighted by Crippen LogP contribution is 2.44. The van der Waals surface area contributed by atoms with Gasteiger partial charge < -0.3 is 4.84 Å². The van der Waals surface area contributed by atoms with Gasteiger partial charge in [0.25, 0.3) is 0 Å². The molecule has 0 atom stereocenters. The molecule has 2 rings (SSSR count). The highest BCUT2D eigenvalue weighted by Gasteiger charge is 2.76. The van der Waals surface area contributed by atoms with E-state index < -0.39 is 29.3 Å². The second kappa shape index (κ2) is 8.41. The quantitative estimate of drug-likeness (QED) is 0.291. The average molecular weight is 462 g/mol. The van der Waals surface area contributed by atoms with Crippen molar-refractivity contribution < 1.29 is 36.0 Å². The number of amides is 2. The minimum absolute atomic E-state index is 0.275. The Bertz CT molecular complexity index is 869. The summed E-state index contributed by atoms with van der Waals surface area (Å²) in [6.45, 7) is 0.880. The number of aromatic nitrogens is 2. The molecule has 0 saturated carbocycles. The number of oxime groups is 1. The second-order valence-electron chi connectivity index (χ2n) is 5.21. The molecule has 0 aliphatic carbocycles. The van der Waals surface area contributed by atoms with Crippen LogP contribution in [0.5, 0.6) is 0 Å². The van der Waals surface area contributed by atoms with Gasteiger partial charge in [0.1, 0.15) is 10.2 Å². The maximum atomic E-state index is 13.2. The van der Waals surface area contributed by atoms with Crippen LogP contribution in [-0.2, 0) is 4.84 Å². The molecule has 0 unspecified atom stereocenters. The summed E-state index contributed by atoms with van der Waals surface area (Å²) in [4.78, 5) is 15.5. The number of hydrogen-bond acceptors (Lipinski definition) is 6. The van der Waals surface area contributed by atoms with Crippen molar-refractivity contribution in [3.8, 4) is 10.6 Å². The number of urea groups is 1. The summed E-state index contributed by atoms with van der Waals surface area (Å²) in [5.74, 6) is 0. The van der Waals surface area contributed by atoms with Crippen molar-refractivity contribution in [1.29, 1.82) is 0 Å². The second-order valence-corrected chi connectivity index (χ2v) is 6.74. The Morgan fingerprint density at radius 3 is 2.21 bits per heavy atom. The predicted molar refractivity (Wildman–Crippen MR) is 92.4 cm³/mol. The van der Waals surface area contributed by atoms with E-state index >= 15 is 0 Å². The topological polar surface area (TPSA) is 88.5 Å². The van der Waals surface area contributed by atoms with Crippen molar-refractivity contribution in [1.82, 2.24) is 15.5 Å². The third kappa shape index (κ3) is 5.26. The predicted octanol–water partition coefficient (Wildman–Crippen LogP) is 4.74. The summed E-state index contributed by atoms with van der Waals surface area (Å²) in [7, 11) is 0. The van der Waals surface area contributed by atoms with E-state index in [1.54, 1.807) is 35.6 Å². The van der Waals surface area contributed by atoms with E-state index in [2.05, 4.69) is 20.2 Å². The van der Waals surface area contributed by atoms with Gasteiger partial charge in [-0.15, -0.1) is 10.2 Å². The average Bonchev–Trinajstić information content (AvgIpc) is 3.05. The van der Waals surface area contributed by atoms with Crippen LogP contribution in [0.25, 0.3) is 10.6 Å². The smallest absolute Gasteiger partial charge is 0.346 e. The Morgan fingerprint density at radius 2 is 1.69 bits per heavy atom. The first-order valence-corrected chi connectivity index (χ1v) is 8.55. The molecule has 1 aromatic heterocycles. The SMILES string of the molecule is C/C(Cl)=N/OC(NC(=O)Nc1nnc(-c2ccccc2)s1)(C(F)(F)F)C(F)(F)F. The maximum Gasteiger partial charge on any atom is 0.461 e. The van der Waals surface area contributed by atoms with Crippen molar-refractivity contribution >= 4 is 39.3 Å². The molecular formula is C14H10ClF6N5O2S. The summed E-state index contributed by atoms with van der Waals surface area (Å²) in [5, 5.41) is 11.3. The molecule has 29 heavy (non-hydrogen) atoms. The molecule has 0 radical (unpaired) electrons. The van der Waals surface area contributed by atoms with Crippen LogP contribution in [0.15, 0.2) is 35.5 Å². The molecule has 2 amide bonds. The lowest BCUT2D eigenvalue weighted by molar-refractivity contribution is -0.388. The molecule has 0 fully saturated rings. The van der Waals surface area contributed by atoms with E-state index in [1.807, 2.05) is 0 Å². The summed E-state index contributed by atoms with van der Waals surface area (Å²) in [6, 6.07) is 6.45. The molecule has 2 aromatic rings. The Morgan fingerprint density at radius 1 is 1.10 bits per heavy atom. The van der Waals surface area contributed by atoms with Gasteiger partial charge >= 0.3 is 24.1 Å². The molecular weight excluding hydrogens is 452 g/mol. The first-order valence-electron chi connectivity index (χ1n) is 7.35. The Labute approximate surface area is 167 Å². The van der Waals surface area contributed by atoms with E-state index in [1.165, 1.54) is 0 Å². The minimum atomic E-state index is -6.13. The van der Waals surface area contributed by atoms with Gasteiger partial charge in [-0.05, 0) is 6.92 Å². The fourth-order valence-electron chi connectivity index (χ4n) is 1.82. The van der Waals surface area contributed by atoms with Gasteiger partial charge in [-0.1, -0.05) is 58.4 Å². The van der Waals surface area contributed by atoms with Gasteiger partial charge in [-0.25, -0.2) is 4.79 Å². The lowest BCUT2D eigenvalue weighted by Gasteiger charge is -2.34. The maximum absolute atomic E-state index is 13.2. The third-order valence-corrected chi connectivity index (χ3v) is 4.02. The molecule has 1 heterocycles.